The third-order valence-electron chi connectivity index (χ3n) is 7.22. The molecule has 169 valence electrons. The van der Waals surface area contributed by atoms with Crippen LogP contribution in [0.15, 0.2) is 17.7 Å². The van der Waals surface area contributed by atoms with Crippen molar-refractivity contribution < 1.29 is 8.91 Å². The fraction of sp³-hybridized carbons (Fsp3) is 0.444. The molecule has 0 aromatic heterocycles. The van der Waals surface area contributed by atoms with Gasteiger partial charge in [-0.25, -0.2) is 0 Å². The molecule has 1 amide bonds. The Morgan fingerprint density at radius 1 is 0.969 bits per heavy atom. The summed E-state index contributed by atoms with van der Waals surface area (Å²) in [6.07, 6.45) is 3.19. The van der Waals surface area contributed by atoms with Crippen molar-refractivity contribution in [1.29, 1.82) is 0 Å². The molecule has 1 aliphatic carbocycles. The molecule has 5 heteroatoms. The van der Waals surface area contributed by atoms with Crippen molar-refractivity contribution >= 4 is 39.0 Å². The second-order valence-corrected chi connectivity index (χ2v) is 19.6. The number of hydrogen-bond acceptors (Lipinski definition) is 2. The van der Waals surface area contributed by atoms with Gasteiger partial charge >= 0.3 is 0 Å². The zero-order valence-corrected chi connectivity index (χ0v) is 23.3. The van der Waals surface area contributed by atoms with Gasteiger partial charge in [-0.15, -0.1) is 0 Å². The maximum atomic E-state index is 13.0. The standard InChI is InChI=1S/C27H36NO2Si2/c1-15-11-18-13-19(27(4,5)6)14-21(20(18)12-15)22-16(2)24-17(3)25(23(22)26(28)29)32(9,10)30-31(24,7)8/h11,13-14,28H,12H2,1-10H3. The molecule has 0 unspecified atom stereocenters. The number of hydrogen-bond donors (Lipinski definition) is 0. The highest BCUT2D eigenvalue weighted by Gasteiger charge is 2.47. The molecule has 0 saturated heterocycles. The summed E-state index contributed by atoms with van der Waals surface area (Å²) in [4.78, 5) is 13.0. The third-order valence-corrected chi connectivity index (χ3v) is 15.1. The summed E-state index contributed by atoms with van der Waals surface area (Å²) in [5, 5.41) is 2.36. The van der Waals surface area contributed by atoms with Crippen LogP contribution in [-0.2, 0) is 16.0 Å². The summed E-state index contributed by atoms with van der Waals surface area (Å²) in [6, 6.07) is 4.61. The van der Waals surface area contributed by atoms with Gasteiger partial charge < -0.3 is 4.12 Å². The molecule has 2 aromatic carbocycles. The van der Waals surface area contributed by atoms with Crippen LogP contribution < -0.4 is 16.1 Å². The van der Waals surface area contributed by atoms with Gasteiger partial charge in [-0.1, -0.05) is 44.6 Å². The summed E-state index contributed by atoms with van der Waals surface area (Å²) in [5.74, 6) is -0.587. The predicted molar refractivity (Wildman–Crippen MR) is 140 cm³/mol. The summed E-state index contributed by atoms with van der Waals surface area (Å²) >= 11 is 0. The molecule has 1 radical (unpaired) electrons. The first-order chi connectivity index (χ1) is 14.6. The minimum absolute atomic E-state index is 0.00820. The normalized spacial score (nSPS) is 18.4. The van der Waals surface area contributed by atoms with Gasteiger partial charge in [0, 0.05) is 0 Å². The van der Waals surface area contributed by atoms with Crippen LogP contribution in [0.2, 0.25) is 26.2 Å². The van der Waals surface area contributed by atoms with Crippen LogP contribution in [0.1, 0.15) is 65.9 Å². The van der Waals surface area contributed by atoms with Gasteiger partial charge in [0.2, 0.25) is 16.6 Å². The Hall–Kier alpha value is -1.96. The molecule has 2 bridgehead atoms. The predicted octanol–water partition coefficient (Wildman–Crippen LogP) is 5.50. The Bertz CT molecular complexity index is 1210. The van der Waals surface area contributed by atoms with Crippen molar-refractivity contribution in [1.82, 2.24) is 5.73 Å². The lowest BCUT2D eigenvalue weighted by molar-refractivity contribution is 0.0993. The molecule has 0 atom stereocenters. The van der Waals surface area contributed by atoms with Crippen molar-refractivity contribution in [2.75, 3.05) is 0 Å². The molecule has 2 aliphatic rings. The third kappa shape index (κ3) is 3.37. The van der Waals surface area contributed by atoms with Gasteiger partial charge in [0.05, 0.1) is 5.56 Å². The first-order valence-corrected chi connectivity index (χ1v) is 17.4. The zero-order valence-electron chi connectivity index (χ0n) is 21.3. The van der Waals surface area contributed by atoms with Gasteiger partial charge in [-0.2, -0.15) is 0 Å². The lowest BCUT2D eigenvalue weighted by Gasteiger charge is -2.44. The van der Waals surface area contributed by atoms with Crippen LogP contribution in [-0.4, -0.2) is 22.5 Å². The molecule has 2 aromatic rings. The maximum absolute atomic E-state index is 13.0. The van der Waals surface area contributed by atoms with E-state index in [0.29, 0.717) is 5.56 Å². The number of carbonyl (C=O) groups excluding carboxylic acids is 1. The number of carbonyl (C=O) groups is 1. The van der Waals surface area contributed by atoms with Crippen LogP contribution in [0.3, 0.4) is 0 Å². The van der Waals surface area contributed by atoms with E-state index in [1.54, 1.807) is 0 Å². The summed E-state index contributed by atoms with van der Waals surface area (Å²) in [7, 11) is -4.47. The van der Waals surface area contributed by atoms with E-state index in [-0.39, 0.29) is 5.41 Å². The second-order valence-electron chi connectivity index (χ2n) is 11.7. The molecule has 4 rings (SSSR count). The Morgan fingerprint density at radius 2 is 1.56 bits per heavy atom. The minimum atomic E-state index is -2.33. The van der Waals surface area contributed by atoms with E-state index in [4.69, 9.17) is 9.85 Å². The van der Waals surface area contributed by atoms with Crippen molar-refractivity contribution in [3.8, 4) is 11.1 Å². The fourth-order valence-corrected chi connectivity index (χ4v) is 16.2. The summed E-state index contributed by atoms with van der Waals surface area (Å²) in [6.45, 7) is 22.2. The van der Waals surface area contributed by atoms with Crippen LogP contribution >= 0.6 is 0 Å². The van der Waals surface area contributed by atoms with E-state index >= 15 is 0 Å². The lowest BCUT2D eigenvalue weighted by Crippen LogP contribution is -2.67. The van der Waals surface area contributed by atoms with Crippen LogP contribution in [0.4, 0.5) is 0 Å². The first kappa shape index (κ1) is 23.2. The molecule has 1 heterocycles. The first-order valence-electron chi connectivity index (χ1n) is 11.6. The topological polar surface area (TPSA) is 50.1 Å². The van der Waals surface area contributed by atoms with Crippen molar-refractivity contribution in [3.05, 3.63) is 51.1 Å². The molecule has 1 aliphatic heterocycles. The average molecular weight is 463 g/mol. The molecule has 0 saturated carbocycles. The highest BCUT2D eigenvalue weighted by atomic mass is 28.4. The van der Waals surface area contributed by atoms with Crippen molar-refractivity contribution in [2.45, 2.75) is 79.6 Å². The molecular weight excluding hydrogens is 426 g/mol. The highest BCUT2D eigenvalue weighted by molar-refractivity contribution is 7.00. The van der Waals surface area contributed by atoms with E-state index in [0.717, 1.165) is 28.3 Å². The molecule has 3 nitrogen and oxygen atoms in total. The maximum Gasteiger partial charge on any atom is 0.270 e. The number of benzene rings is 2. The molecule has 1 N–H and O–H groups in total. The zero-order chi connectivity index (χ0) is 24.0. The smallest absolute Gasteiger partial charge is 0.270 e. The van der Waals surface area contributed by atoms with E-state index < -0.39 is 22.5 Å². The Kier molecular flexibility index (Phi) is 5.09. The van der Waals surface area contributed by atoms with Crippen molar-refractivity contribution in [3.63, 3.8) is 0 Å². The van der Waals surface area contributed by atoms with E-state index in [9.17, 15) is 4.79 Å². The number of amides is 1. The summed E-state index contributed by atoms with van der Waals surface area (Å²) in [5.41, 5.74) is 18.6. The van der Waals surface area contributed by atoms with Crippen LogP contribution in [0.5, 0.6) is 0 Å². The molecular formula is C27H36NO2Si2. The molecule has 0 fully saturated rings. The van der Waals surface area contributed by atoms with E-state index in [2.05, 4.69) is 85.9 Å². The number of rotatable bonds is 2. The van der Waals surface area contributed by atoms with Gasteiger partial charge in [0.1, 0.15) is 0 Å². The van der Waals surface area contributed by atoms with Crippen molar-refractivity contribution in [2.24, 2.45) is 0 Å². The number of nitrogens with one attached hydrogen (secondary N) is 1. The summed E-state index contributed by atoms with van der Waals surface area (Å²) < 4.78 is 6.80. The van der Waals surface area contributed by atoms with Gasteiger partial charge in [-0.3, -0.25) is 10.5 Å². The van der Waals surface area contributed by atoms with E-state index in [1.807, 2.05) is 0 Å². The largest absolute Gasteiger partial charge is 0.449 e. The average Bonchev–Trinajstić information content (AvgIpc) is 2.97. The monoisotopic (exact) mass is 462 g/mol. The Labute approximate surface area is 195 Å². The highest BCUT2D eigenvalue weighted by Crippen LogP contribution is 2.42. The lowest BCUT2D eigenvalue weighted by atomic mass is 9.80. The second kappa shape index (κ2) is 7.02. The van der Waals surface area contributed by atoms with Gasteiger partial charge in [0.25, 0.3) is 5.91 Å². The Balaban J connectivity index is 2.21. The van der Waals surface area contributed by atoms with Crippen LogP contribution in [0.25, 0.3) is 17.2 Å². The van der Waals surface area contributed by atoms with E-state index in [1.165, 1.54) is 33.0 Å². The fourth-order valence-electron chi connectivity index (χ4n) is 6.26. The number of fused-ring (bicyclic) bond motifs is 3. The van der Waals surface area contributed by atoms with Crippen LogP contribution in [0, 0.1) is 13.8 Å². The van der Waals surface area contributed by atoms with Gasteiger partial charge in [0.15, 0.2) is 0 Å². The minimum Gasteiger partial charge on any atom is -0.449 e. The SMILES string of the molecule is CC1=Cc2cc(C(C)(C)C)cc(-c3c(C)c4c(C)c(c3C([NH])=O)[Si](C)(C)O[Si]4(C)C)c2C1. The van der Waals surface area contributed by atoms with Gasteiger partial charge in [-0.05, 0) is 108 Å². The quantitative estimate of drug-likeness (QED) is 0.553. The molecule has 0 spiro atoms. The Morgan fingerprint density at radius 3 is 2.12 bits per heavy atom. The number of allylic oxidation sites excluding steroid dienone is 1. The molecule has 32 heavy (non-hydrogen) atoms.